The third kappa shape index (κ3) is 5.98. The lowest BCUT2D eigenvalue weighted by atomic mass is 9.93. The van der Waals surface area contributed by atoms with Crippen molar-refractivity contribution in [3.8, 4) is 0 Å². The van der Waals surface area contributed by atoms with Gasteiger partial charge in [0.25, 0.3) is 0 Å². The van der Waals surface area contributed by atoms with E-state index in [1.165, 1.54) is 0 Å². The lowest BCUT2D eigenvalue weighted by Gasteiger charge is -2.31. The maximum Gasteiger partial charge on any atom is 0.180 e. The van der Waals surface area contributed by atoms with E-state index in [4.69, 9.17) is 9.47 Å². The van der Waals surface area contributed by atoms with Crippen molar-refractivity contribution < 1.29 is 14.3 Å². The van der Waals surface area contributed by atoms with Crippen LogP contribution in [0.3, 0.4) is 0 Å². The summed E-state index contributed by atoms with van der Waals surface area (Å²) in [5, 5.41) is 0. The van der Waals surface area contributed by atoms with Crippen molar-refractivity contribution in [2.75, 3.05) is 13.7 Å². The molecule has 0 unspecified atom stereocenters. The molecule has 0 N–H and O–H groups in total. The molecule has 0 aromatic rings. The summed E-state index contributed by atoms with van der Waals surface area (Å²) in [6.07, 6.45) is 0.753. The molecule has 0 rings (SSSR count). The Labute approximate surface area is 113 Å². The van der Waals surface area contributed by atoms with E-state index in [-0.39, 0.29) is 11.4 Å². The fourth-order valence-corrected chi connectivity index (χ4v) is 1.91. The van der Waals surface area contributed by atoms with Gasteiger partial charge in [0.15, 0.2) is 5.78 Å². The second-order valence-corrected chi connectivity index (χ2v) is 7.86. The monoisotopic (exact) mass is 308 g/mol. The number of Topliss-reactive ketones (excluding diaryl/α,β-unsaturated/α-hetero) is 1. The van der Waals surface area contributed by atoms with E-state index in [1.54, 1.807) is 21.0 Å². The Balaban J connectivity index is 4.34. The standard InChI is InChI=1S/C13H25BrO3/c1-11(2,16-7)8-9-17-13(5,6)10(15)12(3,4)14/h8-9H2,1-7H3. The summed E-state index contributed by atoms with van der Waals surface area (Å²) < 4.78 is 10.4. The van der Waals surface area contributed by atoms with Gasteiger partial charge in [-0.2, -0.15) is 0 Å². The summed E-state index contributed by atoms with van der Waals surface area (Å²) >= 11 is 3.37. The van der Waals surface area contributed by atoms with Gasteiger partial charge in [-0.05, 0) is 48.0 Å². The van der Waals surface area contributed by atoms with Crippen LogP contribution in [-0.4, -0.2) is 35.0 Å². The number of ether oxygens (including phenoxy) is 2. The van der Waals surface area contributed by atoms with Gasteiger partial charge in [-0.3, -0.25) is 4.79 Å². The number of carbonyl (C=O) groups is 1. The lowest BCUT2D eigenvalue weighted by Crippen LogP contribution is -2.45. The number of alkyl halides is 1. The first-order valence-corrected chi connectivity index (χ1v) is 6.64. The Morgan fingerprint density at radius 3 is 1.94 bits per heavy atom. The quantitative estimate of drug-likeness (QED) is 0.677. The van der Waals surface area contributed by atoms with Crippen molar-refractivity contribution in [3.05, 3.63) is 0 Å². The van der Waals surface area contributed by atoms with Crippen LogP contribution in [0.25, 0.3) is 0 Å². The molecule has 0 spiro atoms. The SMILES string of the molecule is COC(C)(C)CCOC(C)(C)C(=O)C(C)(C)Br. The minimum atomic E-state index is -0.781. The molecule has 4 heteroatoms. The molecule has 0 bridgehead atoms. The molecule has 0 atom stereocenters. The molecular formula is C13H25BrO3. The van der Waals surface area contributed by atoms with E-state index in [0.717, 1.165) is 6.42 Å². The Bertz CT molecular complexity index is 264. The predicted octanol–water partition coefficient (Wildman–Crippen LogP) is 3.34. The summed E-state index contributed by atoms with van der Waals surface area (Å²) in [5.74, 6) is 0.0419. The molecule has 0 saturated heterocycles. The Kier molecular flexibility index (Phi) is 5.83. The van der Waals surface area contributed by atoms with Crippen molar-refractivity contribution in [1.82, 2.24) is 0 Å². The highest BCUT2D eigenvalue weighted by atomic mass is 79.9. The van der Waals surface area contributed by atoms with Crippen molar-refractivity contribution in [2.45, 2.75) is 63.5 Å². The molecular weight excluding hydrogens is 284 g/mol. The highest BCUT2D eigenvalue weighted by Crippen LogP contribution is 2.27. The summed E-state index contributed by atoms with van der Waals surface area (Å²) in [6, 6.07) is 0. The Hall–Kier alpha value is 0.0700. The van der Waals surface area contributed by atoms with Crippen molar-refractivity contribution in [2.24, 2.45) is 0 Å². The number of methoxy groups -OCH3 is 1. The molecule has 0 aromatic carbocycles. The largest absolute Gasteiger partial charge is 0.379 e. The highest BCUT2D eigenvalue weighted by molar-refractivity contribution is 9.10. The molecule has 17 heavy (non-hydrogen) atoms. The maximum absolute atomic E-state index is 12.1. The second-order valence-electron chi connectivity index (χ2n) is 5.87. The van der Waals surface area contributed by atoms with Gasteiger partial charge in [0.05, 0.1) is 16.5 Å². The van der Waals surface area contributed by atoms with Crippen LogP contribution in [0.15, 0.2) is 0 Å². The van der Waals surface area contributed by atoms with Gasteiger partial charge in [-0.15, -0.1) is 0 Å². The number of halogens is 1. The third-order valence-electron chi connectivity index (χ3n) is 2.81. The smallest absolute Gasteiger partial charge is 0.180 e. The van der Waals surface area contributed by atoms with Crippen LogP contribution in [0.1, 0.15) is 48.0 Å². The molecule has 0 amide bonds. The van der Waals surface area contributed by atoms with E-state index in [9.17, 15) is 4.79 Å². The van der Waals surface area contributed by atoms with Crippen LogP contribution in [0.2, 0.25) is 0 Å². The zero-order valence-electron chi connectivity index (χ0n) is 12.0. The molecule has 0 heterocycles. The molecule has 0 aliphatic rings. The van der Waals surface area contributed by atoms with E-state index < -0.39 is 9.93 Å². The fraction of sp³-hybridized carbons (Fsp3) is 0.923. The molecule has 3 nitrogen and oxygen atoms in total. The van der Waals surface area contributed by atoms with Gasteiger partial charge in [0.1, 0.15) is 5.60 Å². The Morgan fingerprint density at radius 2 is 1.59 bits per heavy atom. The number of rotatable bonds is 7. The highest BCUT2D eigenvalue weighted by Gasteiger charge is 2.38. The number of ketones is 1. The van der Waals surface area contributed by atoms with Crippen LogP contribution in [0, 0.1) is 0 Å². The lowest BCUT2D eigenvalue weighted by molar-refractivity contribution is -0.144. The Morgan fingerprint density at radius 1 is 1.12 bits per heavy atom. The van der Waals surface area contributed by atoms with Gasteiger partial charge in [0.2, 0.25) is 0 Å². The van der Waals surface area contributed by atoms with Gasteiger partial charge in [-0.1, -0.05) is 15.9 Å². The minimum Gasteiger partial charge on any atom is -0.379 e. The van der Waals surface area contributed by atoms with E-state index in [0.29, 0.717) is 6.61 Å². The topological polar surface area (TPSA) is 35.5 Å². The second kappa shape index (κ2) is 5.81. The van der Waals surface area contributed by atoms with Gasteiger partial charge < -0.3 is 9.47 Å². The molecule has 0 saturated carbocycles. The maximum atomic E-state index is 12.1. The predicted molar refractivity (Wildman–Crippen MR) is 73.7 cm³/mol. The summed E-state index contributed by atoms with van der Waals surface area (Å²) in [5.41, 5.74) is -1.00. The fourth-order valence-electron chi connectivity index (χ4n) is 1.44. The number of hydrogen-bond donors (Lipinski definition) is 0. The van der Waals surface area contributed by atoms with E-state index in [1.807, 2.05) is 27.7 Å². The van der Waals surface area contributed by atoms with Crippen molar-refractivity contribution in [1.29, 1.82) is 0 Å². The summed E-state index contributed by atoms with van der Waals surface area (Å²) in [7, 11) is 1.68. The molecule has 102 valence electrons. The number of hydrogen-bond acceptors (Lipinski definition) is 3. The molecule has 0 aromatic heterocycles. The first-order chi connectivity index (χ1) is 7.42. The van der Waals surface area contributed by atoms with Crippen LogP contribution in [0.5, 0.6) is 0 Å². The number of carbonyl (C=O) groups excluding carboxylic acids is 1. The average molecular weight is 309 g/mol. The zero-order valence-corrected chi connectivity index (χ0v) is 13.6. The van der Waals surface area contributed by atoms with Gasteiger partial charge in [-0.25, -0.2) is 0 Å². The van der Waals surface area contributed by atoms with Crippen LogP contribution in [-0.2, 0) is 14.3 Å². The van der Waals surface area contributed by atoms with Crippen LogP contribution >= 0.6 is 15.9 Å². The summed E-state index contributed by atoms with van der Waals surface area (Å²) in [4.78, 5) is 12.1. The van der Waals surface area contributed by atoms with Crippen molar-refractivity contribution >= 4 is 21.7 Å². The van der Waals surface area contributed by atoms with Crippen LogP contribution in [0.4, 0.5) is 0 Å². The molecule has 0 radical (unpaired) electrons. The van der Waals surface area contributed by atoms with E-state index >= 15 is 0 Å². The zero-order chi connectivity index (χ0) is 13.9. The van der Waals surface area contributed by atoms with Crippen molar-refractivity contribution in [3.63, 3.8) is 0 Å². The first-order valence-electron chi connectivity index (χ1n) is 5.85. The summed E-state index contributed by atoms with van der Waals surface area (Å²) in [6.45, 7) is 11.8. The average Bonchev–Trinajstić information content (AvgIpc) is 2.14. The molecule has 0 aliphatic heterocycles. The minimum absolute atomic E-state index is 0.0419. The van der Waals surface area contributed by atoms with Gasteiger partial charge >= 0.3 is 0 Å². The normalized spacial score (nSPS) is 13.9. The molecule has 0 fully saturated rings. The van der Waals surface area contributed by atoms with Crippen LogP contribution < -0.4 is 0 Å². The first kappa shape index (κ1) is 17.1. The molecule has 0 aliphatic carbocycles. The van der Waals surface area contributed by atoms with E-state index in [2.05, 4.69) is 15.9 Å². The van der Waals surface area contributed by atoms with Gasteiger partial charge in [0, 0.05) is 7.11 Å². The third-order valence-corrected chi connectivity index (χ3v) is 3.17.